The number of alkyl halides is 2. The van der Waals surface area contributed by atoms with E-state index in [1.165, 1.54) is 24.8 Å². The zero-order chi connectivity index (χ0) is 28.7. The van der Waals surface area contributed by atoms with E-state index < -0.39 is 27.7 Å². The molecule has 216 valence electrons. The van der Waals surface area contributed by atoms with Crippen molar-refractivity contribution in [1.82, 2.24) is 25.2 Å². The van der Waals surface area contributed by atoms with Crippen LogP contribution in [0.25, 0.3) is 10.6 Å². The van der Waals surface area contributed by atoms with Gasteiger partial charge in [0.25, 0.3) is 15.9 Å². The number of amides is 1. The summed E-state index contributed by atoms with van der Waals surface area (Å²) in [5, 5.41) is 3.26. The molecule has 3 heterocycles. The van der Waals surface area contributed by atoms with Crippen molar-refractivity contribution in [2.24, 2.45) is 5.92 Å². The molecule has 1 aliphatic heterocycles. The molecule has 1 fully saturated rings. The quantitative estimate of drug-likeness (QED) is 0.313. The molecule has 14 heteroatoms. The number of sulfonamides is 1. The van der Waals surface area contributed by atoms with Crippen LogP contribution in [0.1, 0.15) is 54.5 Å². The van der Waals surface area contributed by atoms with Crippen LogP contribution in [0.4, 0.5) is 14.5 Å². The Bertz CT molecular complexity index is 1400. The number of hydrogen-bond acceptors (Lipinski definition) is 9. The van der Waals surface area contributed by atoms with Crippen LogP contribution in [-0.2, 0) is 10.0 Å². The van der Waals surface area contributed by atoms with Gasteiger partial charge < -0.3 is 15.0 Å². The maximum atomic E-state index is 13.4. The van der Waals surface area contributed by atoms with Gasteiger partial charge in [-0.05, 0) is 56.5 Å². The summed E-state index contributed by atoms with van der Waals surface area (Å²) in [6.45, 7) is 6.89. The number of anilines is 1. The van der Waals surface area contributed by atoms with Gasteiger partial charge in [-0.15, -0.1) is 11.3 Å². The molecule has 2 aromatic heterocycles. The summed E-state index contributed by atoms with van der Waals surface area (Å²) in [5.41, 5.74) is 1.10. The smallest absolute Gasteiger partial charge is 0.355 e. The lowest BCUT2D eigenvalue weighted by molar-refractivity contribution is 0.0910. The first-order valence-corrected chi connectivity index (χ1v) is 15.4. The standard InChI is InChI=1S/C26H32F2N6O4S2/c1-3-38-22-15-29-13-20(31-22)21-14-30-25(39-21)24(35)32-23(17(2)16-34-10-5-4-6-11-34)18-8-7-9-19(12-18)33-40(36,37)26(27)28/h7-9,12-15,17,23,26,33H,3-6,10-11,16H2,1-2H3,(H,32,35)/t17-,23+/m0/s1. The van der Waals surface area contributed by atoms with E-state index in [9.17, 15) is 22.0 Å². The van der Waals surface area contributed by atoms with Gasteiger partial charge in [0.05, 0.1) is 29.9 Å². The van der Waals surface area contributed by atoms with Crippen LogP contribution >= 0.6 is 11.3 Å². The Morgan fingerprint density at radius 3 is 2.67 bits per heavy atom. The Labute approximate surface area is 236 Å². The number of thiazole rings is 1. The number of piperidine rings is 1. The molecule has 0 radical (unpaired) electrons. The Morgan fingerprint density at radius 1 is 1.18 bits per heavy atom. The largest absolute Gasteiger partial charge is 0.477 e. The first-order chi connectivity index (χ1) is 19.2. The monoisotopic (exact) mass is 594 g/mol. The summed E-state index contributed by atoms with van der Waals surface area (Å²) in [6.07, 6.45) is 8.00. The minimum absolute atomic E-state index is 0.00786. The second kappa shape index (κ2) is 13.4. The van der Waals surface area contributed by atoms with Crippen LogP contribution in [0.15, 0.2) is 42.9 Å². The first-order valence-electron chi connectivity index (χ1n) is 13.0. The van der Waals surface area contributed by atoms with E-state index in [0.717, 1.165) is 37.3 Å². The predicted octanol–water partition coefficient (Wildman–Crippen LogP) is 4.56. The van der Waals surface area contributed by atoms with Crippen LogP contribution in [-0.4, -0.2) is 66.2 Å². The fourth-order valence-corrected chi connectivity index (χ4v) is 5.92. The maximum absolute atomic E-state index is 13.4. The minimum Gasteiger partial charge on any atom is -0.477 e. The number of nitrogens with zero attached hydrogens (tertiary/aromatic N) is 4. The maximum Gasteiger partial charge on any atom is 0.355 e. The number of halogens is 2. The molecule has 1 amide bonds. The van der Waals surface area contributed by atoms with E-state index >= 15 is 0 Å². The number of carbonyl (C=O) groups excluding carboxylic acids is 1. The van der Waals surface area contributed by atoms with E-state index in [2.05, 4.69) is 25.2 Å². The number of benzene rings is 1. The highest BCUT2D eigenvalue weighted by Gasteiger charge is 2.28. The zero-order valence-electron chi connectivity index (χ0n) is 22.2. The highest BCUT2D eigenvalue weighted by Crippen LogP contribution is 2.29. The number of carbonyl (C=O) groups is 1. The average molecular weight is 595 g/mol. The van der Waals surface area contributed by atoms with Crippen molar-refractivity contribution in [3.05, 3.63) is 53.4 Å². The minimum atomic E-state index is -4.84. The van der Waals surface area contributed by atoms with E-state index in [0.29, 0.717) is 35.2 Å². The summed E-state index contributed by atoms with van der Waals surface area (Å²) >= 11 is 1.15. The van der Waals surface area contributed by atoms with Gasteiger partial charge in [0.15, 0.2) is 5.01 Å². The summed E-state index contributed by atoms with van der Waals surface area (Å²) in [5.74, 6) is -3.70. The van der Waals surface area contributed by atoms with E-state index in [4.69, 9.17) is 4.74 Å². The van der Waals surface area contributed by atoms with E-state index in [1.54, 1.807) is 24.5 Å². The fourth-order valence-electron chi connectivity index (χ4n) is 4.60. The van der Waals surface area contributed by atoms with Crippen molar-refractivity contribution in [3.63, 3.8) is 0 Å². The number of ether oxygens (including phenoxy) is 1. The summed E-state index contributed by atoms with van der Waals surface area (Å²) in [4.78, 5) is 29.2. The third-order valence-electron chi connectivity index (χ3n) is 6.45. The third-order valence-corrected chi connectivity index (χ3v) is 8.46. The highest BCUT2D eigenvalue weighted by atomic mass is 32.2. The highest BCUT2D eigenvalue weighted by molar-refractivity contribution is 7.93. The van der Waals surface area contributed by atoms with Gasteiger partial charge in [-0.3, -0.25) is 14.5 Å². The van der Waals surface area contributed by atoms with Gasteiger partial charge in [-0.2, -0.15) is 8.78 Å². The van der Waals surface area contributed by atoms with Gasteiger partial charge >= 0.3 is 5.76 Å². The molecule has 40 heavy (non-hydrogen) atoms. The van der Waals surface area contributed by atoms with Gasteiger partial charge in [0.2, 0.25) is 5.88 Å². The molecule has 0 unspecified atom stereocenters. The van der Waals surface area contributed by atoms with Crippen molar-refractivity contribution < 1.29 is 26.7 Å². The number of likely N-dealkylation sites (tertiary alicyclic amines) is 1. The summed E-state index contributed by atoms with van der Waals surface area (Å²) in [6, 6.07) is 5.62. The Morgan fingerprint density at radius 2 is 1.95 bits per heavy atom. The van der Waals surface area contributed by atoms with Gasteiger partial charge in [-0.1, -0.05) is 25.5 Å². The SMILES string of the molecule is CCOc1cncc(-c2cnc(C(=O)N[C@@H](c3cccc(NS(=O)(=O)C(F)F)c3)[C@@H](C)CN3CCCCC3)s2)n1. The molecule has 1 aliphatic rings. The van der Waals surface area contributed by atoms with Crippen molar-refractivity contribution >= 4 is 33.0 Å². The van der Waals surface area contributed by atoms with Crippen molar-refractivity contribution in [2.45, 2.75) is 44.9 Å². The van der Waals surface area contributed by atoms with E-state index in [1.807, 2.05) is 18.6 Å². The molecule has 1 aromatic carbocycles. The number of hydrogen-bond donors (Lipinski definition) is 2. The van der Waals surface area contributed by atoms with Crippen molar-refractivity contribution in [1.29, 1.82) is 0 Å². The molecule has 10 nitrogen and oxygen atoms in total. The molecule has 2 atom stereocenters. The second-order valence-corrected chi connectivity index (χ2v) is 12.2. The third kappa shape index (κ3) is 7.70. The average Bonchev–Trinajstić information content (AvgIpc) is 3.43. The predicted molar refractivity (Wildman–Crippen MR) is 149 cm³/mol. The molecular formula is C26H32F2N6O4S2. The lowest BCUT2D eigenvalue weighted by Crippen LogP contribution is -2.40. The lowest BCUT2D eigenvalue weighted by atomic mass is 9.93. The van der Waals surface area contributed by atoms with Crippen LogP contribution in [0, 0.1) is 5.92 Å². The number of rotatable bonds is 12. The van der Waals surface area contributed by atoms with E-state index in [-0.39, 0.29) is 16.6 Å². The molecule has 4 rings (SSSR count). The normalized spacial score (nSPS) is 15.9. The molecule has 1 saturated heterocycles. The first kappa shape index (κ1) is 29.7. The fraction of sp³-hybridized carbons (Fsp3) is 0.462. The molecule has 0 aliphatic carbocycles. The van der Waals surface area contributed by atoms with Crippen LogP contribution in [0.3, 0.4) is 0 Å². The molecular weight excluding hydrogens is 562 g/mol. The lowest BCUT2D eigenvalue weighted by Gasteiger charge is -2.33. The van der Waals surface area contributed by atoms with Gasteiger partial charge in [-0.25, -0.2) is 18.4 Å². The number of aromatic nitrogens is 3. The van der Waals surface area contributed by atoms with Crippen molar-refractivity contribution in [3.8, 4) is 16.5 Å². The molecule has 0 saturated carbocycles. The molecule has 3 aromatic rings. The van der Waals surface area contributed by atoms with Crippen molar-refractivity contribution in [2.75, 3.05) is 31.0 Å². The van der Waals surface area contributed by atoms with Crippen LogP contribution in [0.2, 0.25) is 0 Å². The molecule has 2 N–H and O–H groups in total. The molecule has 0 spiro atoms. The Hall–Kier alpha value is -3.23. The van der Waals surface area contributed by atoms with Crippen LogP contribution < -0.4 is 14.8 Å². The second-order valence-electron chi connectivity index (χ2n) is 9.53. The van der Waals surface area contributed by atoms with Gasteiger partial charge in [0, 0.05) is 18.4 Å². The topological polar surface area (TPSA) is 126 Å². The summed E-state index contributed by atoms with van der Waals surface area (Å²) in [7, 11) is -4.84. The zero-order valence-corrected chi connectivity index (χ0v) is 23.9. The summed E-state index contributed by atoms with van der Waals surface area (Å²) < 4.78 is 56.8. The Kier molecular flexibility index (Phi) is 9.98. The van der Waals surface area contributed by atoms with Crippen LogP contribution in [0.5, 0.6) is 5.88 Å². The number of nitrogens with one attached hydrogen (secondary N) is 2. The Balaban J connectivity index is 1.57. The van der Waals surface area contributed by atoms with Gasteiger partial charge in [0.1, 0.15) is 5.69 Å². The molecule has 0 bridgehead atoms.